The molecule has 2 aromatic heterocycles. The third kappa shape index (κ3) is 4.64. The van der Waals surface area contributed by atoms with Crippen LogP contribution in [0.15, 0.2) is 34.4 Å². The van der Waals surface area contributed by atoms with Crippen molar-refractivity contribution >= 4 is 50.8 Å². The Morgan fingerprint density at radius 1 is 1.23 bits per heavy atom. The molecule has 0 saturated heterocycles. The molecule has 0 aliphatic carbocycles. The zero-order chi connectivity index (χ0) is 21.3. The molecule has 9 heteroatoms. The molecule has 0 N–H and O–H groups in total. The minimum absolute atomic E-state index is 0.112. The first-order chi connectivity index (χ1) is 14.4. The Kier molecular flexibility index (Phi) is 6.34. The quantitative estimate of drug-likeness (QED) is 0.135. The average Bonchev–Trinajstić information content (AvgIpc) is 3.07. The lowest BCUT2D eigenvalue weighted by Crippen LogP contribution is -2.31. The zero-order valence-corrected chi connectivity index (χ0v) is 19.6. The van der Waals surface area contributed by atoms with Gasteiger partial charge >= 0.3 is 0 Å². The van der Waals surface area contributed by atoms with E-state index in [1.54, 1.807) is 47.0 Å². The second-order valence-corrected chi connectivity index (χ2v) is 10.9. The lowest BCUT2D eigenvalue weighted by atomic mass is 9.95. The number of nitro groups is 1. The van der Waals surface area contributed by atoms with Crippen molar-refractivity contribution in [3.63, 3.8) is 0 Å². The Bertz CT molecular complexity index is 1080. The van der Waals surface area contributed by atoms with Crippen LogP contribution in [-0.2, 0) is 23.5 Å². The van der Waals surface area contributed by atoms with Crippen molar-refractivity contribution in [2.75, 3.05) is 5.75 Å². The van der Waals surface area contributed by atoms with E-state index in [0.29, 0.717) is 12.4 Å². The van der Waals surface area contributed by atoms with E-state index in [1.165, 1.54) is 10.4 Å². The number of rotatable bonds is 7. The summed E-state index contributed by atoms with van der Waals surface area (Å²) in [5.41, 5.74) is 2.26. The number of hydrogen-bond acceptors (Lipinski definition) is 8. The highest BCUT2D eigenvalue weighted by atomic mass is 32.2. The first-order valence-electron chi connectivity index (χ1n) is 9.81. The number of benzene rings is 1. The summed E-state index contributed by atoms with van der Waals surface area (Å²) < 4.78 is 6.01. The highest BCUT2D eigenvalue weighted by Crippen LogP contribution is 2.43. The lowest BCUT2D eigenvalue weighted by molar-refractivity contribution is -0.384. The van der Waals surface area contributed by atoms with Gasteiger partial charge in [-0.1, -0.05) is 30.8 Å². The number of nitrogens with zero attached hydrogens (tertiary/aromatic N) is 3. The molecule has 0 atom stereocenters. The second-order valence-electron chi connectivity index (χ2n) is 7.78. The van der Waals surface area contributed by atoms with Crippen molar-refractivity contribution in [2.45, 2.75) is 61.8 Å². The molecule has 6 nitrogen and oxygen atoms in total. The Morgan fingerprint density at radius 2 is 2.00 bits per heavy atom. The van der Waals surface area contributed by atoms with Crippen molar-refractivity contribution < 1.29 is 9.66 Å². The van der Waals surface area contributed by atoms with Crippen LogP contribution in [0.2, 0.25) is 0 Å². The average molecular weight is 462 g/mol. The van der Waals surface area contributed by atoms with Crippen LogP contribution < -0.4 is 0 Å². The third-order valence-electron chi connectivity index (χ3n) is 4.83. The predicted molar refractivity (Wildman–Crippen MR) is 124 cm³/mol. The lowest BCUT2D eigenvalue weighted by Gasteiger charge is -2.30. The highest BCUT2D eigenvalue weighted by Gasteiger charge is 2.31. The minimum Gasteiger partial charge on any atom is -0.370 e. The molecule has 0 bridgehead atoms. The van der Waals surface area contributed by atoms with Gasteiger partial charge in [0.25, 0.3) is 5.69 Å². The van der Waals surface area contributed by atoms with Gasteiger partial charge in [0.15, 0.2) is 5.16 Å². The first-order valence-corrected chi connectivity index (χ1v) is 12.6. The molecule has 0 spiro atoms. The summed E-state index contributed by atoms with van der Waals surface area (Å²) >= 11 is 5.07. The molecular weight excluding hydrogens is 438 g/mol. The van der Waals surface area contributed by atoms with Crippen molar-refractivity contribution in [1.82, 2.24) is 9.97 Å². The van der Waals surface area contributed by atoms with Crippen LogP contribution in [0.3, 0.4) is 0 Å². The maximum atomic E-state index is 10.9. The van der Waals surface area contributed by atoms with Gasteiger partial charge in [-0.15, -0.1) is 23.1 Å². The van der Waals surface area contributed by atoms with Crippen molar-refractivity contribution in [3.05, 3.63) is 50.4 Å². The van der Waals surface area contributed by atoms with Crippen LogP contribution in [0.1, 0.15) is 43.2 Å². The molecule has 0 amide bonds. The number of thioether (sulfide) groups is 2. The minimum atomic E-state index is -0.371. The fraction of sp³-hybridized carbons (Fsp3) is 0.429. The molecule has 0 radical (unpaired) electrons. The molecular formula is C21H23N3O3S3. The standard InChI is InChI=1S/C21H23N3O3S3/c1-4-9-28-20-22-18(29-12-13-5-7-14(8-6-13)24(25)26)17-15-10-21(2,3)27-11-16(15)30-19(17)23-20/h5-8H,4,9-12H2,1-3H3. The second kappa shape index (κ2) is 8.82. The molecule has 0 saturated carbocycles. The van der Waals surface area contributed by atoms with Gasteiger partial charge in [0.1, 0.15) is 9.86 Å². The topological polar surface area (TPSA) is 78.2 Å². The third-order valence-corrected chi connectivity index (χ3v) is 8.03. The van der Waals surface area contributed by atoms with Gasteiger partial charge in [-0.05, 0) is 31.4 Å². The Morgan fingerprint density at radius 3 is 2.70 bits per heavy atom. The maximum Gasteiger partial charge on any atom is 0.269 e. The summed E-state index contributed by atoms with van der Waals surface area (Å²) in [6.07, 6.45) is 1.92. The van der Waals surface area contributed by atoms with Gasteiger partial charge < -0.3 is 4.74 Å². The largest absolute Gasteiger partial charge is 0.370 e. The Labute approximate surface area is 188 Å². The fourth-order valence-corrected chi connectivity index (χ4v) is 6.31. The molecule has 0 unspecified atom stereocenters. The molecule has 4 rings (SSSR count). The van der Waals surface area contributed by atoms with E-state index < -0.39 is 0 Å². The van der Waals surface area contributed by atoms with Crippen LogP contribution in [-0.4, -0.2) is 26.2 Å². The molecule has 1 aliphatic heterocycles. The van der Waals surface area contributed by atoms with Gasteiger partial charge in [0.2, 0.25) is 0 Å². The number of thiophene rings is 1. The number of fused-ring (bicyclic) bond motifs is 3. The zero-order valence-electron chi connectivity index (χ0n) is 17.1. The van der Waals surface area contributed by atoms with Crippen LogP contribution in [0.25, 0.3) is 10.2 Å². The summed E-state index contributed by atoms with van der Waals surface area (Å²) in [6, 6.07) is 6.74. The summed E-state index contributed by atoms with van der Waals surface area (Å²) in [6.45, 7) is 7.01. The van der Waals surface area contributed by atoms with E-state index in [0.717, 1.165) is 44.6 Å². The molecule has 1 aliphatic rings. The van der Waals surface area contributed by atoms with Crippen molar-refractivity contribution in [1.29, 1.82) is 0 Å². The normalized spacial score (nSPS) is 15.3. The number of non-ortho nitro benzene ring substituents is 1. The summed E-state index contributed by atoms with van der Waals surface area (Å²) in [5.74, 6) is 1.69. The van der Waals surface area contributed by atoms with Crippen molar-refractivity contribution in [3.8, 4) is 0 Å². The van der Waals surface area contributed by atoms with E-state index >= 15 is 0 Å². The van der Waals surface area contributed by atoms with Crippen molar-refractivity contribution in [2.24, 2.45) is 0 Å². The Balaban J connectivity index is 1.68. The number of ether oxygens (including phenoxy) is 1. The van der Waals surface area contributed by atoms with E-state index in [4.69, 9.17) is 14.7 Å². The van der Waals surface area contributed by atoms with Crippen LogP contribution in [0.5, 0.6) is 0 Å². The first kappa shape index (κ1) is 21.5. The summed E-state index contributed by atoms with van der Waals surface area (Å²) in [4.78, 5) is 22.5. The van der Waals surface area contributed by atoms with Gasteiger partial charge in [-0.3, -0.25) is 10.1 Å². The van der Waals surface area contributed by atoms with E-state index in [2.05, 4.69) is 20.8 Å². The van der Waals surface area contributed by atoms with Gasteiger partial charge in [-0.2, -0.15) is 0 Å². The number of nitro benzene ring substituents is 1. The molecule has 3 aromatic rings. The molecule has 3 heterocycles. The molecule has 0 fully saturated rings. The molecule has 30 heavy (non-hydrogen) atoms. The van der Waals surface area contributed by atoms with Gasteiger partial charge in [-0.25, -0.2) is 9.97 Å². The smallest absolute Gasteiger partial charge is 0.269 e. The maximum absolute atomic E-state index is 10.9. The van der Waals surface area contributed by atoms with E-state index in [9.17, 15) is 10.1 Å². The molecule has 1 aromatic carbocycles. The SMILES string of the molecule is CCCSc1nc(SCc2ccc([N+](=O)[O-])cc2)c2c3c(sc2n1)COC(C)(C)C3. The summed E-state index contributed by atoms with van der Waals surface area (Å²) in [5, 5.41) is 13.9. The van der Waals surface area contributed by atoms with Crippen LogP contribution in [0, 0.1) is 10.1 Å². The van der Waals surface area contributed by atoms with Crippen LogP contribution >= 0.6 is 34.9 Å². The van der Waals surface area contributed by atoms with Gasteiger partial charge in [0.05, 0.1) is 17.1 Å². The van der Waals surface area contributed by atoms with Gasteiger partial charge in [0, 0.05) is 40.3 Å². The number of aromatic nitrogens is 2. The monoisotopic (exact) mass is 461 g/mol. The van der Waals surface area contributed by atoms with E-state index in [-0.39, 0.29) is 16.2 Å². The molecule has 158 valence electrons. The fourth-order valence-electron chi connectivity index (χ4n) is 3.32. The van der Waals surface area contributed by atoms with Crippen LogP contribution in [0.4, 0.5) is 5.69 Å². The number of hydrogen-bond donors (Lipinski definition) is 0. The highest BCUT2D eigenvalue weighted by molar-refractivity contribution is 7.99. The van der Waals surface area contributed by atoms with E-state index in [1.807, 2.05) is 12.1 Å². The Hall–Kier alpha value is -1.68. The predicted octanol–water partition coefficient (Wildman–Crippen LogP) is 6.25. The summed E-state index contributed by atoms with van der Waals surface area (Å²) in [7, 11) is 0.